The third-order valence-corrected chi connectivity index (χ3v) is 1.45. The lowest BCUT2D eigenvalue weighted by atomic mass is 10.3. The lowest BCUT2D eigenvalue weighted by Crippen LogP contribution is -2.05. The predicted molar refractivity (Wildman–Crippen MR) is 51.9 cm³/mol. The van der Waals surface area contributed by atoms with Crippen molar-refractivity contribution in [3.05, 3.63) is 24.3 Å². The van der Waals surface area contributed by atoms with E-state index in [-0.39, 0.29) is 6.10 Å². The highest BCUT2D eigenvalue weighted by Gasteiger charge is 1.96. The Morgan fingerprint density at radius 1 is 1.31 bits per heavy atom. The second-order valence-corrected chi connectivity index (χ2v) is 2.95. The monoisotopic (exact) mass is 179 g/mol. The number of amides is 1. The van der Waals surface area contributed by atoms with Crippen LogP contribution in [0.1, 0.15) is 13.8 Å². The van der Waals surface area contributed by atoms with Crippen LogP contribution in [0.25, 0.3) is 0 Å². The molecule has 0 heterocycles. The predicted octanol–water partition coefficient (Wildman–Crippen LogP) is 2.04. The molecule has 0 aromatic heterocycles. The second kappa shape index (κ2) is 4.50. The van der Waals surface area contributed by atoms with Gasteiger partial charge in [-0.15, -0.1) is 0 Å². The van der Waals surface area contributed by atoms with Crippen molar-refractivity contribution in [2.75, 3.05) is 5.32 Å². The van der Waals surface area contributed by atoms with E-state index in [0.717, 1.165) is 11.4 Å². The summed E-state index contributed by atoms with van der Waals surface area (Å²) in [5.41, 5.74) is 0.770. The van der Waals surface area contributed by atoms with Gasteiger partial charge in [0.2, 0.25) is 6.41 Å². The molecule has 0 saturated heterocycles. The van der Waals surface area contributed by atoms with Gasteiger partial charge in [-0.05, 0) is 38.1 Å². The molecule has 0 aliphatic carbocycles. The maximum absolute atomic E-state index is 10.1. The summed E-state index contributed by atoms with van der Waals surface area (Å²) in [5, 5.41) is 2.55. The van der Waals surface area contributed by atoms with Gasteiger partial charge in [0.05, 0.1) is 6.10 Å². The molecule has 0 aliphatic heterocycles. The summed E-state index contributed by atoms with van der Waals surface area (Å²) in [6.07, 6.45) is 0.822. The molecule has 3 nitrogen and oxygen atoms in total. The average Bonchev–Trinajstić information content (AvgIpc) is 2.08. The Hall–Kier alpha value is -1.51. The first-order valence-corrected chi connectivity index (χ1v) is 4.19. The fourth-order valence-electron chi connectivity index (χ4n) is 0.970. The summed E-state index contributed by atoms with van der Waals surface area (Å²) in [5.74, 6) is 0.812. The molecule has 13 heavy (non-hydrogen) atoms. The number of carbonyl (C=O) groups excluding carboxylic acids is 1. The van der Waals surface area contributed by atoms with E-state index >= 15 is 0 Å². The highest BCUT2D eigenvalue weighted by Crippen LogP contribution is 2.16. The third-order valence-electron chi connectivity index (χ3n) is 1.45. The van der Waals surface area contributed by atoms with Crippen LogP contribution in [0, 0.1) is 0 Å². The summed E-state index contributed by atoms with van der Waals surface area (Å²) in [6, 6.07) is 7.25. The summed E-state index contributed by atoms with van der Waals surface area (Å²) in [7, 11) is 0. The van der Waals surface area contributed by atoms with Crippen molar-refractivity contribution < 1.29 is 9.53 Å². The van der Waals surface area contributed by atoms with Crippen molar-refractivity contribution in [3.63, 3.8) is 0 Å². The second-order valence-electron chi connectivity index (χ2n) is 2.95. The van der Waals surface area contributed by atoms with E-state index in [1.54, 1.807) is 12.1 Å². The van der Waals surface area contributed by atoms with Crippen LogP contribution in [0.5, 0.6) is 5.75 Å². The van der Waals surface area contributed by atoms with Gasteiger partial charge in [0, 0.05) is 5.69 Å². The molecule has 0 bridgehead atoms. The van der Waals surface area contributed by atoms with Crippen LogP contribution in [-0.4, -0.2) is 12.5 Å². The quantitative estimate of drug-likeness (QED) is 0.718. The molecule has 0 saturated carbocycles. The number of hydrogen-bond acceptors (Lipinski definition) is 2. The average molecular weight is 179 g/mol. The molecule has 0 fully saturated rings. The SMILES string of the molecule is CC(C)Oc1ccc(NC=O)cc1. The minimum atomic E-state index is 0.171. The van der Waals surface area contributed by atoms with E-state index in [4.69, 9.17) is 4.74 Å². The minimum Gasteiger partial charge on any atom is -0.491 e. The van der Waals surface area contributed by atoms with Crippen molar-refractivity contribution in [1.82, 2.24) is 0 Å². The highest BCUT2D eigenvalue weighted by molar-refractivity contribution is 5.71. The lowest BCUT2D eigenvalue weighted by molar-refractivity contribution is -0.105. The van der Waals surface area contributed by atoms with Gasteiger partial charge in [-0.2, -0.15) is 0 Å². The number of carbonyl (C=O) groups is 1. The number of rotatable bonds is 4. The van der Waals surface area contributed by atoms with Crippen LogP contribution in [0.15, 0.2) is 24.3 Å². The van der Waals surface area contributed by atoms with E-state index in [9.17, 15) is 4.79 Å². The number of anilines is 1. The number of hydrogen-bond donors (Lipinski definition) is 1. The zero-order chi connectivity index (χ0) is 9.68. The molecule has 0 radical (unpaired) electrons. The minimum absolute atomic E-state index is 0.171. The smallest absolute Gasteiger partial charge is 0.211 e. The van der Waals surface area contributed by atoms with Crippen molar-refractivity contribution in [3.8, 4) is 5.75 Å². The molecule has 1 N–H and O–H groups in total. The molecular weight excluding hydrogens is 166 g/mol. The molecule has 0 unspecified atom stereocenters. The molecule has 70 valence electrons. The topological polar surface area (TPSA) is 38.3 Å². The van der Waals surface area contributed by atoms with E-state index in [0.29, 0.717) is 6.41 Å². The van der Waals surface area contributed by atoms with Crippen molar-refractivity contribution >= 4 is 12.1 Å². The van der Waals surface area contributed by atoms with Crippen LogP contribution >= 0.6 is 0 Å². The van der Waals surface area contributed by atoms with Gasteiger partial charge in [-0.1, -0.05) is 0 Å². The highest BCUT2D eigenvalue weighted by atomic mass is 16.5. The number of ether oxygens (including phenoxy) is 1. The Labute approximate surface area is 77.7 Å². The van der Waals surface area contributed by atoms with Gasteiger partial charge in [0.25, 0.3) is 0 Å². The van der Waals surface area contributed by atoms with Gasteiger partial charge in [0.1, 0.15) is 5.75 Å². The van der Waals surface area contributed by atoms with Crippen LogP contribution in [0.3, 0.4) is 0 Å². The maximum Gasteiger partial charge on any atom is 0.211 e. The van der Waals surface area contributed by atoms with E-state index in [1.807, 2.05) is 26.0 Å². The first-order valence-electron chi connectivity index (χ1n) is 4.19. The molecule has 1 amide bonds. The molecule has 1 aromatic rings. The molecule has 3 heteroatoms. The van der Waals surface area contributed by atoms with Gasteiger partial charge >= 0.3 is 0 Å². The summed E-state index contributed by atoms with van der Waals surface area (Å²) in [6.45, 7) is 3.94. The van der Waals surface area contributed by atoms with E-state index in [2.05, 4.69) is 5.32 Å². The van der Waals surface area contributed by atoms with Crippen LogP contribution < -0.4 is 10.1 Å². The molecule has 0 aliphatic rings. The molecule has 0 atom stereocenters. The van der Waals surface area contributed by atoms with Gasteiger partial charge < -0.3 is 10.1 Å². The molecule has 0 spiro atoms. The molecular formula is C10H13NO2. The van der Waals surface area contributed by atoms with Crippen molar-refractivity contribution in [2.24, 2.45) is 0 Å². The summed E-state index contributed by atoms with van der Waals surface area (Å²) in [4.78, 5) is 10.1. The standard InChI is InChI=1S/C10H13NO2/c1-8(2)13-10-5-3-9(4-6-10)11-7-12/h3-8H,1-2H3,(H,11,12). The Balaban J connectivity index is 2.63. The van der Waals surface area contributed by atoms with Gasteiger partial charge in [0.15, 0.2) is 0 Å². The normalized spacial score (nSPS) is 9.77. The van der Waals surface area contributed by atoms with E-state index < -0.39 is 0 Å². The zero-order valence-electron chi connectivity index (χ0n) is 7.78. The fourth-order valence-corrected chi connectivity index (χ4v) is 0.970. The van der Waals surface area contributed by atoms with Crippen LogP contribution in [0.2, 0.25) is 0 Å². The number of benzene rings is 1. The maximum atomic E-state index is 10.1. The third kappa shape index (κ3) is 3.15. The van der Waals surface area contributed by atoms with Crippen LogP contribution in [0.4, 0.5) is 5.69 Å². The zero-order valence-corrected chi connectivity index (χ0v) is 7.78. The lowest BCUT2D eigenvalue weighted by Gasteiger charge is -2.09. The van der Waals surface area contributed by atoms with Crippen LogP contribution in [-0.2, 0) is 4.79 Å². The Morgan fingerprint density at radius 2 is 1.92 bits per heavy atom. The molecule has 1 rings (SSSR count). The van der Waals surface area contributed by atoms with Crippen molar-refractivity contribution in [1.29, 1.82) is 0 Å². The Morgan fingerprint density at radius 3 is 2.38 bits per heavy atom. The Bertz CT molecular complexity index is 267. The van der Waals surface area contributed by atoms with E-state index in [1.165, 1.54) is 0 Å². The largest absolute Gasteiger partial charge is 0.491 e. The summed E-state index contributed by atoms with van der Waals surface area (Å²) >= 11 is 0. The van der Waals surface area contributed by atoms with Gasteiger partial charge in [-0.3, -0.25) is 4.79 Å². The fraction of sp³-hybridized carbons (Fsp3) is 0.300. The first-order chi connectivity index (χ1) is 6.22. The summed E-state index contributed by atoms with van der Waals surface area (Å²) < 4.78 is 5.43. The molecule has 1 aromatic carbocycles. The van der Waals surface area contributed by atoms with Gasteiger partial charge in [-0.25, -0.2) is 0 Å². The van der Waals surface area contributed by atoms with Crippen molar-refractivity contribution in [2.45, 2.75) is 20.0 Å². The number of nitrogens with one attached hydrogen (secondary N) is 1. The Kier molecular flexibility index (Phi) is 3.31. The first kappa shape index (κ1) is 9.58.